The molecule has 3 nitrogen and oxygen atoms in total. The van der Waals surface area contributed by atoms with Crippen LogP contribution in [-0.2, 0) is 4.74 Å². The van der Waals surface area contributed by atoms with Crippen LogP contribution in [0.4, 0.5) is 0 Å². The largest absolute Gasteiger partial charge is 0.383 e. The van der Waals surface area contributed by atoms with E-state index in [1.807, 2.05) is 0 Å². The number of nitrogens with zero attached hydrogens (tertiary/aromatic N) is 1. The highest BCUT2D eigenvalue weighted by atomic mass is 16.5. The van der Waals surface area contributed by atoms with E-state index < -0.39 is 0 Å². The molecule has 2 atom stereocenters. The molecule has 21 heavy (non-hydrogen) atoms. The lowest BCUT2D eigenvalue weighted by molar-refractivity contribution is 0.0746. The highest BCUT2D eigenvalue weighted by Crippen LogP contribution is 2.39. The summed E-state index contributed by atoms with van der Waals surface area (Å²) in [6, 6.07) is 0. The summed E-state index contributed by atoms with van der Waals surface area (Å²) in [7, 11) is 1.78. The zero-order chi connectivity index (χ0) is 15.7. The summed E-state index contributed by atoms with van der Waals surface area (Å²) < 4.78 is 5.17. The van der Waals surface area contributed by atoms with Crippen molar-refractivity contribution in [3.63, 3.8) is 0 Å². The predicted molar refractivity (Wildman–Crippen MR) is 91.8 cm³/mol. The van der Waals surface area contributed by atoms with Gasteiger partial charge in [-0.25, -0.2) is 0 Å². The van der Waals surface area contributed by atoms with Gasteiger partial charge >= 0.3 is 0 Å². The van der Waals surface area contributed by atoms with Crippen LogP contribution < -0.4 is 5.32 Å². The van der Waals surface area contributed by atoms with Gasteiger partial charge in [0.05, 0.1) is 6.61 Å². The molecule has 0 spiro atoms. The molecular formula is C18H38N2O. The van der Waals surface area contributed by atoms with Crippen molar-refractivity contribution < 1.29 is 4.74 Å². The van der Waals surface area contributed by atoms with Crippen LogP contribution in [0.1, 0.15) is 53.4 Å². The Labute approximate surface area is 132 Å². The van der Waals surface area contributed by atoms with E-state index in [-0.39, 0.29) is 0 Å². The summed E-state index contributed by atoms with van der Waals surface area (Å²) in [6.45, 7) is 16.0. The second kappa shape index (κ2) is 9.81. The Hall–Kier alpha value is -0.120. The van der Waals surface area contributed by atoms with Crippen molar-refractivity contribution in [1.29, 1.82) is 0 Å². The van der Waals surface area contributed by atoms with Crippen molar-refractivity contribution in [2.45, 2.75) is 53.4 Å². The molecule has 0 aromatic rings. The average molecular weight is 299 g/mol. The molecule has 0 amide bonds. The Kier molecular flexibility index (Phi) is 8.84. The predicted octanol–water partition coefficient (Wildman–Crippen LogP) is 3.40. The van der Waals surface area contributed by atoms with Crippen LogP contribution in [0.15, 0.2) is 0 Å². The molecule has 3 heteroatoms. The van der Waals surface area contributed by atoms with Crippen molar-refractivity contribution in [2.75, 3.05) is 46.4 Å². The zero-order valence-electron chi connectivity index (χ0n) is 15.1. The van der Waals surface area contributed by atoms with Gasteiger partial charge in [0.25, 0.3) is 0 Å². The van der Waals surface area contributed by atoms with Gasteiger partial charge in [0.15, 0.2) is 0 Å². The Balaban J connectivity index is 2.61. The minimum Gasteiger partial charge on any atom is -0.383 e. The van der Waals surface area contributed by atoms with Gasteiger partial charge in [-0.3, -0.25) is 0 Å². The van der Waals surface area contributed by atoms with Crippen LogP contribution in [0.2, 0.25) is 0 Å². The summed E-state index contributed by atoms with van der Waals surface area (Å²) in [4.78, 5) is 2.67. The van der Waals surface area contributed by atoms with Crippen molar-refractivity contribution >= 4 is 0 Å². The standard InChI is InChI=1S/C18H38N2O/c1-6-20(13-16(2)3)15-18(14-19-10-11-21-5)9-7-8-17(4)12-18/h16-17,19H,6-15H2,1-5H3. The van der Waals surface area contributed by atoms with Gasteiger partial charge in [0.2, 0.25) is 0 Å². The molecule has 0 aromatic carbocycles. The number of nitrogens with one attached hydrogen (secondary N) is 1. The molecule has 1 aliphatic rings. The third-order valence-corrected chi connectivity index (χ3v) is 4.80. The maximum absolute atomic E-state index is 5.17. The topological polar surface area (TPSA) is 24.5 Å². The average Bonchev–Trinajstić information content (AvgIpc) is 2.42. The molecule has 1 saturated carbocycles. The molecule has 1 aliphatic carbocycles. The van der Waals surface area contributed by atoms with E-state index >= 15 is 0 Å². The Morgan fingerprint density at radius 3 is 2.71 bits per heavy atom. The highest BCUT2D eigenvalue weighted by molar-refractivity contribution is 4.90. The van der Waals surface area contributed by atoms with Gasteiger partial charge in [-0.2, -0.15) is 0 Å². The molecule has 0 saturated heterocycles. The van der Waals surface area contributed by atoms with Crippen molar-refractivity contribution in [3.05, 3.63) is 0 Å². The first kappa shape index (κ1) is 18.9. The Bertz CT molecular complexity index is 270. The Morgan fingerprint density at radius 1 is 1.38 bits per heavy atom. The van der Waals surface area contributed by atoms with Crippen molar-refractivity contribution in [1.82, 2.24) is 10.2 Å². The first-order chi connectivity index (χ1) is 10.0. The summed E-state index contributed by atoms with van der Waals surface area (Å²) in [5.74, 6) is 1.63. The lowest BCUT2D eigenvalue weighted by atomic mass is 9.69. The quantitative estimate of drug-likeness (QED) is 0.626. The Morgan fingerprint density at radius 2 is 2.14 bits per heavy atom. The second-order valence-electron chi connectivity index (χ2n) is 7.59. The molecule has 1 rings (SSSR count). The van der Waals surface area contributed by atoms with E-state index in [4.69, 9.17) is 4.74 Å². The number of methoxy groups -OCH3 is 1. The van der Waals surface area contributed by atoms with Gasteiger partial charge in [0.1, 0.15) is 0 Å². The fourth-order valence-electron chi connectivity index (χ4n) is 3.95. The second-order valence-corrected chi connectivity index (χ2v) is 7.59. The third-order valence-electron chi connectivity index (χ3n) is 4.80. The van der Waals surface area contributed by atoms with Crippen molar-refractivity contribution in [3.8, 4) is 0 Å². The molecule has 1 fully saturated rings. The minimum absolute atomic E-state index is 0.469. The van der Waals surface area contributed by atoms with Gasteiger partial charge in [-0.05, 0) is 36.6 Å². The number of rotatable bonds is 10. The fraction of sp³-hybridized carbons (Fsp3) is 1.00. The van der Waals surface area contributed by atoms with Gasteiger partial charge in [-0.15, -0.1) is 0 Å². The summed E-state index contributed by atoms with van der Waals surface area (Å²) in [6.07, 6.45) is 5.57. The monoisotopic (exact) mass is 298 g/mol. The number of hydrogen-bond donors (Lipinski definition) is 1. The maximum atomic E-state index is 5.17. The molecule has 0 aromatic heterocycles. The van der Waals surface area contributed by atoms with E-state index in [1.54, 1.807) is 7.11 Å². The van der Waals surface area contributed by atoms with E-state index in [0.717, 1.165) is 31.5 Å². The minimum atomic E-state index is 0.469. The lowest BCUT2D eigenvalue weighted by Crippen LogP contribution is -2.47. The van der Waals surface area contributed by atoms with E-state index in [0.29, 0.717) is 5.41 Å². The van der Waals surface area contributed by atoms with Crippen molar-refractivity contribution in [2.24, 2.45) is 17.3 Å². The van der Waals surface area contributed by atoms with Crippen LogP contribution in [0.25, 0.3) is 0 Å². The van der Waals surface area contributed by atoms with Crippen LogP contribution in [0.3, 0.4) is 0 Å². The van der Waals surface area contributed by atoms with E-state index in [1.165, 1.54) is 45.3 Å². The third kappa shape index (κ3) is 7.12. The number of hydrogen-bond acceptors (Lipinski definition) is 3. The van der Waals surface area contributed by atoms with Crippen LogP contribution >= 0.6 is 0 Å². The number of ether oxygens (including phenoxy) is 1. The lowest BCUT2D eigenvalue weighted by Gasteiger charge is -2.44. The van der Waals surface area contributed by atoms with Crippen LogP contribution in [0, 0.1) is 17.3 Å². The molecule has 0 bridgehead atoms. The molecule has 0 aliphatic heterocycles. The normalized spacial score (nSPS) is 26.7. The van der Waals surface area contributed by atoms with Crippen LogP contribution in [0.5, 0.6) is 0 Å². The van der Waals surface area contributed by atoms with E-state index in [2.05, 4.69) is 37.9 Å². The van der Waals surface area contributed by atoms with Gasteiger partial charge in [-0.1, -0.05) is 40.5 Å². The first-order valence-corrected chi connectivity index (χ1v) is 8.93. The van der Waals surface area contributed by atoms with E-state index in [9.17, 15) is 0 Å². The molecule has 1 N–H and O–H groups in total. The SMILES string of the molecule is CCN(CC(C)C)CC1(CNCCOC)CCCC(C)C1. The zero-order valence-corrected chi connectivity index (χ0v) is 15.1. The molecule has 0 radical (unpaired) electrons. The molecule has 126 valence electrons. The summed E-state index contributed by atoms with van der Waals surface area (Å²) >= 11 is 0. The highest BCUT2D eigenvalue weighted by Gasteiger charge is 2.35. The molecule has 2 unspecified atom stereocenters. The summed E-state index contributed by atoms with van der Waals surface area (Å²) in [5, 5.41) is 3.65. The summed E-state index contributed by atoms with van der Waals surface area (Å²) in [5.41, 5.74) is 0.469. The van der Waals surface area contributed by atoms with Crippen LogP contribution in [-0.4, -0.2) is 51.3 Å². The first-order valence-electron chi connectivity index (χ1n) is 8.93. The van der Waals surface area contributed by atoms with Gasteiger partial charge < -0.3 is 15.0 Å². The van der Waals surface area contributed by atoms with Gasteiger partial charge in [0, 0.05) is 33.3 Å². The molecule has 0 heterocycles. The molecular weight excluding hydrogens is 260 g/mol. The fourth-order valence-corrected chi connectivity index (χ4v) is 3.95. The smallest absolute Gasteiger partial charge is 0.0587 e. The maximum Gasteiger partial charge on any atom is 0.0587 e.